The van der Waals surface area contributed by atoms with Crippen LogP contribution in [0.15, 0.2) is 17.5 Å². The van der Waals surface area contributed by atoms with Crippen molar-refractivity contribution in [3.63, 3.8) is 0 Å². The third kappa shape index (κ3) is 2.60. The van der Waals surface area contributed by atoms with Gasteiger partial charge in [-0.2, -0.15) is 0 Å². The lowest BCUT2D eigenvalue weighted by Crippen LogP contribution is -2.06. The predicted octanol–water partition coefficient (Wildman–Crippen LogP) is 4.42. The van der Waals surface area contributed by atoms with E-state index in [2.05, 4.69) is 47.3 Å². The summed E-state index contributed by atoms with van der Waals surface area (Å²) < 4.78 is 0. The molecule has 0 aliphatic rings. The molecule has 1 aromatic rings. The van der Waals surface area contributed by atoms with Crippen molar-refractivity contribution in [3.05, 3.63) is 22.4 Å². The molecule has 0 N–H and O–H groups in total. The van der Waals surface area contributed by atoms with Crippen LogP contribution in [0.4, 0.5) is 0 Å². The van der Waals surface area contributed by atoms with Gasteiger partial charge in [0.1, 0.15) is 0 Å². The third-order valence-electron chi connectivity index (χ3n) is 2.06. The van der Waals surface area contributed by atoms with E-state index in [4.69, 9.17) is 0 Å². The maximum Gasteiger partial charge on any atom is 0.0194 e. The van der Waals surface area contributed by atoms with Gasteiger partial charge in [-0.05, 0) is 17.9 Å². The fourth-order valence-electron chi connectivity index (χ4n) is 1.41. The van der Waals surface area contributed by atoms with Gasteiger partial charge in [-0.3, -0.25) is 0 Å². The number of hydrogen-bond acceptors (Lipinski definition) is 1. The van der Waals surface area contributed by atoms with Crippen LogP contribution in [-0.2, 0) is 0 Å². The summed E-state index contributed by atoms with van der Waals surface area (Å²) in [5, 5.41) is 2.16. The Morgan fingerprint density at radius 2 is 2.33 bits per heavy atom. The first-order chi connectivity index (χ1) is 5.75. The van der Waals surface area contributed by atoms with Crippen molar-refractivity contribution in [2.75, 3.05) is 0 Å². The largest absolute Gasteiger partial charge is 0.149 e. The zero-order valence-corrected chi connectivity index (χ0v) is 9.99. The first-order valence-corrected chi connectivity index (χ1v) is 6.22. The van der Waals surface area contributed by atoms with Gasteiger partial charge in [0, 0.05) is 15.6 Å². The van der Waals surface area contributed by atoms with Crippen LogP contribution in [0.5, 0.6) is 0 Å². The molecular weight excluding hydrogens is 232 g/mol. The van der Waals surface area contributed by atoms with Crippen LogP contribution in [0, 0.1) is 0 Å². The minimum absolute atomic E-state index is 0.594. The molecule has 0 bridgehead atoms. The van der Waals surface area contributed by atoms with Gasteiger partial charge in [0.05, 0.1) is 0 Å². The molecule has 1 heterocycles. The van der Waals surface area contributed by atoms with Gasteiger partial charge in [0.15, 0.2) is 0 Å². The summed E-state index contributed by atoms with van der Waals surface area (Å²) in [5.41, 5.74) is 0. The molecule has 68 valence electrons. The molecule has 0 aliphatic carbocycles. The topological polar surface area (TPSA) is 0 Å². The Bertz CT molecular complexity index is 204. The quantitative estimate of drug-likeness (QED) is 0.691. The lowest BCUT2D eigenvalue weighted by Gasteiger charge is -2.16. The van der Waals surface area contributed by atoms with Crippen molar-refractivity contribution in [1.82, 2.24) is 0 Å². The average Bonchev–Trinajstić information content (AvgIpc) is 2.51. The van der Waals surface area contributed by atoms with Gasteiger partial charge in [-0.1, -0.05) is 42.3 Å². The van der Waals surface area contributed by atoms with Gasteiger partial charge in [-0.25, -0.2) is 0 Å². The van der Waals surface area contributed by atoms with Gasteiger partial charge >= 0.3 is 0 Å². The van der Waals surface area contributed by atoms with Crippen LogP contribution in [-0.4, -0.2) is 4.83 Å². The van der Waals surface area contributed by atoms with E-state index < -0.39 is 0 Å². The molecule has 0 spiro atoms. The lowest BCUT2D eigenvalue weighted by molar-refractivity contribution is 0.622. The second-order valence-electron chi connectivity index (χ2n) is 3.09. The fourth-order valence-corrected chi connectivity index (χ4v) is 3.10. The zero-order valence-electron chi connectivity index (χ0n) is 7.59. The molecule has 0 radical (unpaired) electrons. The maximum absolute atomic E-state index is 3.67. The van der Waals surface area contributed by atoms with Gasteiger partial charge in [0.2, 0.25) is 0 Å². The van der Waals surface area contributed by atoms with Crippen LogP contribution in [0.3, 0.4) is 0 Å². The Kier molecular flexibility index (Phi) is 4.30. The summed E-state index contributed by atoms with van der Waals surface area (Å²) in [7, 11) is 0. The second kappa shape index (κ2) is 5.03. The maximum atomic E-state index is 3.67. The standard InChI is InChI=1S/C10H15BrS/c1-3-5-9(8(2)11)10-6-4-7-12-10/h4,6-9H,3,5H2,1-2H3/t8-,9-/m0/s1. The molecule has 0 fully saturated rings. The lowest BCUT2D eigenvalue weighted by atomic mass is 9.99. The van der Waals surface area contributed by atoms with Crippen LogP contribution >= 0.6 is 27.3 Å². The molecule has 0 saturated heterocycles. The number of rotatable bonds is 4. The highest BCUT2D eigenvalue weighted by molar-refractivity contribution is 9.09. The minimum Gasteiger partial charge on any atom is -0.149 e. The summed E-state index contributed by atoms with van der Waals surface area (Å²) in [6, 6.07) is 4.38. The summed E-state index contributed by atoms with van der Waals surface area (Å²) in [5.74, 6) is 0.704. The van der Waals surface area contributed by atoms with Crippen molar-refractivity contribution in [1.29, 1.82) is 0 Å². The normalized spacial score (nSPS) is 15.9. The van der Waals surface area contributed by atoms with Crippen LogP contribution in [0.1, 0.15) is 37.5 Å². The molecule has 2 atom stereocenters. The smallest absolute Gasteiger partial charge is 0.0194 e. The summed E-state index contributed by atoms with van der Waals surface area (Å²) in [6.45, 7) is 4.48. The van der Waals surface area contributed by atoms with Crippen molar-refractivity contribution < 1.29 is 0 Å². The van der Waals surface area contributed by atoms with E-state index in [1.165, 1.54) is 17.7 Å². The number of thiophene rings is 1. The molecular formula is C10H15BrS. The predicted molar refractivity (Wildman–Crippen MR) is 60.4 cm³/mol. The molecule has 1 rings (SSSR count). The van der Waals surface area contributed by atoms with Gasteiger partial charge in [0.25, 0.3) is 0 Å². The SMILES string of the molecule is CCC[C@H](c1cccs1)[C@H](C)Br. The highest BCUT2D eigenvalue weighted by atomic mass is 79.9. The van der Waals surface area contributed by atoms with Crippen molar-refractivity contribution in [3.8, 4) is 0 Å². The Morgan fingerprint density at radius 1 is 1.58 bits per heavy atom. The molecule has 12 heavy (non-hydrogen) atoms. The second-order valence-corrected chi connectivity index (χ2v) is 5.51. The van der Waals surface area contributed by atoms with E-state index in [1.807, 2.05) is 11.3 Å². The Balaban J connectivity index is 2.66. The van der Waals surface area contributed by atoms with Crippen molar-refractivity contribution >= 4 is 27.3 Å². The molecule has 0 amide bonds. The first-order valence-electron chi connectivity index (χ1n) is 4.43. The third-order valence-corrected chi connectivity index (χ3v) is 3.71. The van der Waals surface area contributed by atoms with Gasteiger partial charge in [-0.15, -0.1) is 11.3 Å². The number of hydrogen-bond donors (Lipinski definition) is 0. The zero-order chi connectivity index (χ0) is 8.97. The molecule has 2 heteroatoms. The molecule has 1 aromatic heterocycles. The Morgan fingerprint density at radius 3 is 2.75 bits per heavy atom. The van der Waals surface area contributed by atoms with E-state index in [0.29, 0.717) is 10.7 Å². The van der Waals surface area contributed by atoms with Gasteiger partial charge < -0.3 is 0 Å². The Labute approximate surface area is 87.1 Å². The van der Waals surface area contributed by atoms with Crippen LogP contribution < -0.4 is 0 Å². The molecule has 0 aliphatic heterocycles. The molecule has 0 saturated carbocycles. The van der Waals surface area contributed by atoms with E-state index in [0.717, 1.165) is 0 Å². The fraction of sp³-hybridized carbons (Fsp3) is 0.600. The molecule has 0 nitrogen and oxygen atoms in total. The summed E-state index contributed by atoms with van der Waals surface area (Å²) >= 11 is 5.54. The first kappa shape index (κ1) is 10.3. The van der Waals surface area contributed by atoms with E-state index in [-0.39, 0.29) is 0 Å². The highest BCUT2D eigenvalue weighted by Gasteiger charge is 2.16. The van der Waals surface area contributed by atoms with E-state index in [9.17, 15) is 0 Å². The highest BCUT2D eigenvalue weighted by Crippen LogP contribution is 2.32. The molecule has 0 aromatic carbocycles. The summed E-state index contributed by atoms with van der Waals surface area (Å²) in [4.78, 5) is 2.11. The number of alkyl halides is 1. The van der Waals surface area contributed by atoms with Crippen molar-refractivity contribution in [2.24, 2.45) is 0 Å². The van der Waals surface area contributed by atoms with Crippen molar-refractivity contribution in [2.45, 2.75) is 37.4 Å². The van der Waals surface area contributed by atoms with E-state index >= 15 is 0 Å². The Hall–Kier alpha value is 0.180. The molecule has 0 unspecified atom stereocenters. The summed E-state index contributed by atoms with van der Waals surface area (Å²) in [6.07, 6.45) is 2.55. The number of halogens is 1. The van der Waals surface area contributed by atoms with Crippen LogP contribution in [0.2, 0.25) is 0 Å². The monoisotopic (exact) mass is 246 g/mol. The van der Waals surface area contributed by atoms with Crippen LogP contribution in [0.25, 0.3) is 0 Å². The average molecular weight is 247 g/mol. The minimum atomic E-state index is 0.594. The van der Waals surface area contributed by atoms with E-state index in [1.54, 1.807) is 0 Å².